The normalized spacial score (nSPS) is 12.2. The molecule has 2 aromatic carbocycles. The molecule has 0 unspecified atom stereocenters. The summed E-state index contributed by atoms with van der Waals surface area (Å²) in [4.78, 5) is 12.5. The van der Waals surface area contributed by atoms with Gasteiger partial charge in [-0.15, -0.1) is 0 Å². The van der Waals surface area contributed by atoms with E-state index in [0.717, 1.165) is 10.9 Å². The second-order valence-electron chi connectivity index (χ2n) is 5.36. The second-order valence-corrected chi connectivity index (χ2v) is 5.36. The Morgan fingerprint density at radius 1 is 1.22 bits per heavy atom. The summed E-state index contributed by atoms with van der Waals surface area (Å²) in [5.74, 6) is -0.0815. The highest BCUT2D eigenvalue weighted by Gasteiger charge is 2.16. The van der Waals surface area contributed by atoms with Crippen molar-refractivity contribution in [2.24, 2.45) is 0 Å². The standard InChI is InChI=1S/C17H17N3O3/c21-10-13(8-11-4-6-14(22)7-5-11)19-17(23)15-3-1-2-12-9-18-20-16(12)15/h1-7,9,13,21-22H,8,10H2,(H,18,20)(H,19,23)/t13-/m0/s1. The molecule has 0 aliphatic rings. The van der Waals surface area contributed by atoms with Crippen LogP contribution in [0.15, 0.2) is 48.7 Å². The van der Waals surface area contributed by atoms with Gasteiger partial charge in [-0.05, 0) is 30.2 Å². The van der Waals surface area contributed by atoms with E-state index < -0.39 is 6.04 Å². The lowest BCUT2D eigenvalue weighted by Crippen LogP contribution is -2.39. The number of aliphatic hydroxyl groups is 1. The van der Waals surface area contributed by atoms with E-state index in [1.807, 2.05) is 6.07 Å². The smallest absolute Gasteiger partial charge is 0.253 e. The molecule has 118 valence electrons. The molecule has 23 heavy (non-hydrogen) atoms. The number of nitrogens with one attached hydrogen (secondary N) is 2. The third-order valence-electron chi connectivity index (χ3n) is 3.70. The first kappa shape index (κ1) is 15.1. The van der Waals surface area contributed by atoms with Crippen molar-refractivity contribution < 1.29 is 15.0 Å². The average Bonchev–Trinajstić information content (AvgIpc) is 3.04. The van der Waals surface area contributed by atoms with Gasteiger partial charge in [0.05, 0.1) is 29.9 Å². The van der Waals surface area contributed by atoms with Gasteiger partial charge in [-0.3, -0.25) is 9.89 Å². The maximum Gasteiger partial charge on any atom is 0.253 e. The van der Waals surface area contributed by atoms with E-state index in [2.05, 4.69) is 15.5 Å². The highest BCUT2D eigenvalue weighted by molar-refractivity contribution is 6.05. The summed E-state index contributed by atoms with van der Waals surface area (Å²) in [5, 5.41) is 29.3. The molecule has 4 N–H and O–H groups in total. The minimum absolute atomic E-state index is 0.175. The Morgan fingerprint density at radius 3 is 2.74 bits per heavy atom. The first-order valence-electron chi connectivity index (χ1n) is 7.29. The summed E-state index contributed by atoms with van der Waals surface area (Å²) in [6.45, 7) is -0.175. The number of aromatic nitrogens is 2. The minimum Gasteiger partial charge on any atom is -0.508 e. The Morgan fingerprint density at radius 2 is 2.00 bits per heavy atom. The Hall–Kier alpha value is -2.86. The number of benzene rings is 2. The number of hydrogen-bond acceptors (Lipinski definition) is 4. The molecule has 0 saturated carbocycles. The number of aromatic hydroxyl groups is 1. The van der Waals surface area contributed by atoms with Crippen molar-refractivity contribution in [3.8, 4) is 5.75 Å². The molecule has 0 saturated heterocycles. The summed E-state index contributed by atoms with van der Waals surface area (Å²) in [6, 6.07) is 11.7. The van der Waals surface area contributed by atoms with Crippen LogP contribution in [0.3, 0.4) is 0 Å². The van der Waals surface area contributed by atoms with E-state index in [1.54, 1.807) is 42.6 Å². The number of hydrogen-bond donors (Lipinski definition) is 4. The lowest BCUT2D eigenvalue weighted by Gasteiger charge is -2.16. The van der Waals surface area contributed by atoms with E-state index >= 15 is 0 Å². The van der Waals surface area contributed by atoms with Gasteiger partial charge in [0.1, 0.15) is 5.75 Å². The van der Waals surface area contributed by atoms with Crippen molar-refractivity contribution in [3.05, 3.63) is 59.8 Å². The van der Waals surface area contributed by atoms with Crippen LogP contribution in [0.5, 0.6) is 5.75 Å². The molecular weight excluding hydrogens is 294 g/mol. The van der Waals surface area contributed by atoms with Crippen molar-refractivity contribution in [2.45, 2.75) is 12.5 Å². The first-order valence-corrected chi connectivity index (χ1v) is 7.29. The van der Waals surface area contributed by atoms with Crippen molar-refractivity contribution >= 4 is 16.8 Å². The van der Waals surface area contributed by atoms with Gasteiger partial charge in [-0.1, -0.05) is 24.3 Å². The predicted molar refractivity (Wildman–Crippen MR) is 86.2 cm³/mol. The molecule has 0 fully saturated rings. The largest absolute Gasteiger partial charge is 0.508 e. The zero-order chi connectivity index (χ0) is 16.2. The summed E-state index contributed by atoms with van der Waals surface area (Å²) in [6.07, 6.45) is 2.13. The summed E-state index contributed by atoms with van der Waals surface area (Å²) < 4.78 is 0. The van der Waals surface area contributed by atoms with Crippen LogP contribution in [0, 0.1) is 0 Å². The molecule has 3 rings (SSSR count). The fraction of sp³-hybridized carbons (Fsp3) is 0.176. The molecule has 0 aliphatic heterocycles. The number of aromatic amines is 1. The van der Waals surface area contributed by atoms with Crippen LogP contribution in [-0.2, 0) is 6.42 Å². The lowest BCUT2D eigenvalue weighted by molar-refractivity contribution is 0.0918. The van der Waals surface area contributed by atoms with Gasteiger partial charge in [0.2, 0.25) is 0 Å². The van der Waals surface area contributed by atoms with Crippen LogP contribution < -0.4 is 5.32 Å². The van der Waals surface area contributed by atoms with Gasteiger partial charge >= 0.3 is 0 Å². The Balaban J connectivity index is 1.74. The van der Waals surface area contributed by atoms with Gasteiger partial charge in [-0.2, -0.15) is 5.10 Å². The Labute approximate surface area is 132 Å². The zero-order valence-corrected chi connectivity index (χ0v) is 12.4. The predicted octanol–water partition coefficient (Wildman–Crippen LogP) is 1.60. The van der Waals surface area contributed by atoms with Gasteiger partial charge < -0.3 is 15.5 Å². The molecule has 1 aromatic heterocycles. The number of H-pyrrole nitrogens is 1. The van der Waals surface area contributed by atoms with Crippen LogP contribution in [0.25, 0.3) is 10.9 Å². The number of carbonyl (C=O) groups is 1. The molecule has 6 heteroatoms. The van der Waals surface area contributed by atoms with Crippen LogP contribution in [-0.4, -0.2) is 39.0 Å². The topological polar surface area (TPSA) is 98.2 Å². The fourth-order valence-electron chi connectivity index (χ4n) is 2.50. The monoisotopic (exact) mass is 311 g/mol. The van der Waals surface area contributed by atoms with Crippen LogP contribution >= 0.6 is 0 Å². The molecule has 1 heterocycles. The molecule has 6 nitrogen and oxygen atoms in total. The number of carbonyl (C=O) groups excluding carboxylic acids is 1. The summed E-state index contributed by atoms with van der Waals surface area (Å²) in [7, 11) is 0. The van der Waals surface area contributed by atoms with E-state index in [-0.39, 0.29) is 18.3 Å². The summed E-state index contributed by atoms with van der Waals surface area (Å²) in [5.41, 5.74) is 2.08. The van der Waals surface area contributed by atoms with E-state index in [4.69, 9.17) is 0 Å². The highest BCUT2D eigenvalue weighted by atomic mass is 16.3. The van der Waals surface area contributed by atoms with Gasteiger partial charge in [-0.25, -0.2) is 0 Å². The van der Waals surface area contributed by atoms with E-state index in [9.17, 15) is 15.0 Å². The molecular formula is C17H17N3O3. The van der Waals surface area contributed by atoms with Crippen LogP contribution in [0.4, 0.5) is 0 Å². The molecule has 0 radical (unpaired) electrons. The molecule has 0 spiro atoms. The number of amides is 1. The van der Waals surface area contributed by atoms with Crippen molar-refractivity contribution in [1.29, 1.82) is 0 Å². The van der Waals surface area contributed by atoms with Gasteiger partial charge in [0.15, 0.2) is 0 Å². The highest BCUT2D eigenvalue weighted by Crippen LogP contribution is 2.16. The average molecular weight is 311 g/mol. The number of para-hydroxylation sites is 1. The molecule has 1 amide bonds. The van der Waals surface area contributed by atoms with Gasteiger partial charge in [0, 0.05) is 5.39 Å². The third-order valence-corrected chi connectivity index (χ3v) is 3.70. The quantitative estimate of drug-likeness (QED) is 0.575. The van der Waals surface area contributed by atoms with Crippen molar-refractivity contribution in [1.82, 2.24) is 15.5 Å². The molecule has 1 atom stereocenters. The molecule has 0 aliphatic carbocycles. The van der Waals surface area contributed by atoms with Crippen LogP contribution in [0.2, 0.25) is 0 Å². The summed E-state index contributed by atoms with van der Waals surface area (Å²) >= 11 is 0. The molecule has 0 bridgehead atoms. The molecule has 3 aromatic rings. The maximum absolute atomic E-state index is 12.5. The Kier molecular flexibility index (Phi) is 4.25. The third kappa shape index (κ3) is 3.32. The van der Waals surface area contributed by atoms with E-state index in [0.29, 0.717) is 17.5 Å². The van der Waals surface area contributed by atoms with Crippen molar-refractivity contribution in [2.75, 3.05) is 6.61 Å². The van der Waals surface area contributed by atoms with E-state index in [1.165, 1.54) is 0 Å². The zero-order valence-electron chi connectivity index (χ0n) is 12.4. The number of rotatable bonds is 5. The first-order chi connectivity index (χ1) is 11.2. The number of nitrogens with zero attached hydrogens (tertiary/aromatic N) is 1. The van der Waals surface area contributed by atoms with Gasteiger partial charge in [0.25, 0.3) is 5.91 Å². The second kappa shape index (κ2) is 6.50. The number of phenolic OH excluding ortho intramolecular Hbond substituents is 1. The van der Waals surface area contributed by atoms with Crippen LogP contribution in [0.1, 0.15) is 15.9 Å². The number of phenols is 1. The van der Waals surface area contributed by atoms with Crippen molar-refractivity contribution in [3.63, 3.8) is 0 Å². The maximum atomic E-state index is 12.5. The minimum atomic E-state index is -0.412. The SMILES string of the molecule is O=C(N[C@H](CO)Cc1ccc(O)cc1)c1cccc2cn[nH]c12. The Bertz CT molecular complexity index is 811. The number of aliphatic hydroxyl groups excluding tert-OH is 1. The lowest BCUT2D eigenvalue weighted by atomic mass is 10.1. The number of fused-ring (bicyclic) bond motifs is 1. The fourth-order valence-corrected chi connectivity index (χ4v) is 2.50.